The Balaban J connectivity index is 1.62. The van der Waals surface area contributed by atoms with Gasteiger partial charge in [0.05, 0.1) is 21.8 Å². The summed E-state index contributed by atoms with van der Waals surface area (Å²) in [5.41, 5.74) is 2.02. The van der Waals surface area contributed by atoms with Crippen molar-refractivity contribution in [2.75, 3.05) is 19.0 Å². The first-order valence-corrected chi connectivity index (χ1v) is 9.35. The highest BCUT2D eigenvalue weighted by molar-refractivity contribution is 9.10. The summed E-state index contributed by atoms with van der Waals surface area (Å²) in [6.45, 7) is 2.01. The Morgan fingerprint density at radius 1 is 1.28 bits per heavy atom. The van der Waals surface area contributed by atoms with Crippen LogP contribution in [0.3, 0.4) is 0 Å². The second kappa shape index (κ2) is 7.84. The Bertz CT molecular complexity index is 910. The molecule has 0 unspecified atom stereocenters. The molecule has 1 heterocycles. The van der Waals surface area contributed by atoms with Gasteiger partial charge in [0.25, 0.3) is 5.91 Å². The standard InChI is InChI=1S/C18H17BrN2O3S/c1-3-11-4-7-15(13(19)8-11)24-10-17(22)21-18-20-14-6-5-12(23-2)9-16(14)25-18/h4-9H,3,10H2,1-2H3,(H,20,21,22). The molecule has 0 aliphatic carbocycles. The van der Waals surface area contributed by atoms with E-state index >= 15 is 0 Å². The molecule has 0 radical (unpaired) electrons. The fourth-order valence-corrected chi connectivity index (χ4v) is 3.72. The van der Waals surface area contributed by atoms with Crippen molar-refractivity contribution in [3.8, 4) is 11.5 Å². The van der Waals surface area contributed by atoms with Crippen LogP contribution >= 0.6 is 27.3 Å². The number of amides is 1. The van der Waals surface area contributed by atoms with Gasteiger partial charge in [-0.1, -0.05) is 24.3 Å². The Morgan fingerprint density at radius 3 is 2.84 bits per heavy atom. The molecule has 1 N–H and O–H groups in total. The number of methoxy groups -OCH3 is 1. The second-order valence-corrected chi connectivity index (χ2v) is 7.19. The molecular weight excluding hydrogens is 404 g/mol. The molecule has 0 spiro atoms. The molecule has 0 bridgehead atoms. The number of thiazole rings is 1. The molecule has 25 heavy (non-hydrogen) atoms. The molecule has 0 atom stereocenters. The third-order valence-electron chi connectivity index (χ3n) is 3.61. The highest BCUT2D eigenvalue weighted by atomic mass is 79.9. The van der Waals surface area contributed by atoms with E-state index in [-0.39, 0.29) is 12.5 Å². The van der Waals surface area contributed by atoms with Gasteiger partial charge in [-0.05, 0) is 58.2 Å². The van der Waals surface area contributed by atoms with Crippen LogP contribution in [0.2, 0.25) is 0 Å². The van der Waals surface area contributed by atoms with Gasteiger partial charge in [0, 0.05) is 0 Å². The molecule has 0 saturated carbocycles. The van der Waals surface area contributed by atoms with E-state index < -0.39 is 0 Å². The lowest BCUT2D eigenvalue weighted by atomic mass is 10.2. The van der Waals surface area contributed by atoms with Crippen LogP contribution in [0.15, 0.2) is 40.9 Å². The molecule has 0 saturated heterocycles. The summed E-state index contributed by atoms with van der Waals surface area (Å²) in [5, 5.41) is 3.31. The third-order valence-corrected chi connectivity index (χ3v) is 5.16. The number of hydrogen-bond donors (Lipinski definition) is 1. The molecule has 1 aromatic heterocycles. The smallest absolute Gasteiger partial charge is 0.264 e. The van der Waals surface area contributed by atoms with Gasteiger partial charge >= 0.3 is 0 Å². The summed E-state index contributed by atoms with van der Waals surface area (Å²) >= 11 is 4.86. The van der Waals surface area contributed by atoms with E-state index in [2.05, 4.69) is 33.2 Å². The number of carbonyl (C=O) groups excluding carboxylic acids is 1. The highest BCUT2D eigenvalue weighted by Crippen LogP contribution is 2.29. The van der Waals surface area contributed by atoms with Crippen LogP contribution in [0, 0.1) is 0 Å². The number of aryl methyl sites for hydroxylation is 1. The van der Waals surface area contributed by atoms with E-state index in [0.29, 0.717) is 10.9 Å². The molecule has 0 fully saturated rings. The molecule has 5 nitrogen and oxygen atoms in total. The van der Waals surface area contributed by atoms with Crippen molar-refractivity contribution in [1.29, 1.82) is 0 Å². The van der Waals surface area contributed by atoms with Gasteiger partial charge in [0.2, 0.25) is 0 Å². The molecule has 7 heteroatoms. The van der Waals surface area contributed by atoms with Crippen LogP contribution in [0.1, 0.15) is 12.5 Å². The van der Waals surface area contributed by atoms with Crippen molar-refractivity contribution >= 4 is 48.5 Å². The fourth-order valence-electron chi connectivity index (χ4n) is 2.27. The first-order valence-electron chi connectivity index (χ1n) is 7.74. The fraction of sp³-hybridized carbons (Fsp3) is 0.222. The number of carbonyl (C=O) groups is 1. The van der Waals surface area contributed by atoms with Crippen LogP contribution in [0.5, 0.6) is 11.5 Å². The predicted molar refractivity (Wildman–Crippen MR) is 104 cm³/mol. The molecule has 1 amide bonds. The quantitative estimate of drug-likeness (QED) is 0.630. The van der Waals surface area contributed by atoms with Crippen molar-refractivity contribution in [3.63, 3.8) is 0 Å². The number of fused-ring (bicyclic) bond motifs is 1. The van der Waals surface area contributed by atoms with Gasteiger partial charge in [-0.3, -0.25) is 10.1 Å². The first kappa shape index (κ1) is 17.7. The van der Waals surface area contributed by atoms with Gasteiger partial charge in [-0.25, -0.2) is 4.98 Å². The van der Waals surface area contributed by atoms with Crippen molar-refractivity contribution in [3.05, 3.63) is 46.4 Å². The van der Waals surface area contributed by atoms with E-state index in [1.54, 1.807) is 7.11 Å². The number of nitrogens with zero attached hydrogens (tertiary/aromatic N) is 1. The minimum Gasteiger partial charge on any atom is -0.497 e. The van der Waals surface area contributed by atoms with Gasteiger partial charge in [0.15, 0.2) is 11.7 Å². The maximum absolute atomic E-state index is 12.1. The number of nitrogens with one attached hydrogen (secondary N) is 1. The minimum absolute atomic E-state index is 0.0800. The molecule has 2 aromatic carbocycles. The van der Waals surface area contributed by atoms with Crippen LogP contribution in [0.4, 0.5) is 5.13 Å². The average Bonchev–Trinajstić information content (AvgIpc) is 3.01. The summed E-state index contributed by atoms with van der Waals surface area (Å²) in [7, 11) is 1.62. The number of halogens is 1. The second-order valence-electron chi connectivity index (χ2n) is 5.31. The monoisotopic (exact) mass is 420 g/mol. The summed E-state index contributed by atoms with van der Waals surface area (Å²) in [6.07, 6.45) is 0.946. The Hall–Kier alpha value is -2.12. The molecule has 0 aliphatic heterocycles. The van der Waals surface area contributed by atoms with E-state index in [1.165, 1.54) is 16.9 Å². The third kappa shape index (κ3) is 4.29. The molecule has 130 valence electrons. The maximum Gasteiger partial charge on any atom is 0.264 e. The van der Waals surface area contributed by atoms with Crippen LogP contribution < -0.4 is 14.8 Å². The van der Waals surface area contributed by atoms with E-state index in [9.17, 15) is 4.79 Å². The lowest BCUT2D eigenvalue weighted by molar-refractivity contribution is -0.118. The van der Waals surface area contributed by atoms with Crippen LogP contribution in [0.25, 0.3) is 10.2 Å². The summed E-state index contributed by atoms with van der Waals surface area (Å²) in [6, 6.07) is 11.4. The maximum atomic E-state index is 12.1. The SMILES string of the molecule is CCc1ccc(OCC(=O)Nc2nc3ccc(OC)cc3s2)c(Br)c1. The molecule has 0 aliphatic rings. The largest absolute Gasteiger partial charge is 0.497 e. The first-order chi connectivity index (χ1) is 12.1. The molecular formula is C18H17BrN2O3S. The van der Waals surface area contributed by atoms with Crippen molar-refractivity contribution in [2.45, 2.75) is 13.3 Å². The number of hydrogen-bond acceptors (Lipinski definition) is 5. The van der Waals surface area contributed by atoms with Crippen molar-refractivity contribution < 1.29 is 14.3 Å². The lowest BCUT2D eigenvalue weighted by Gasteiger charge is -2.08. The molecule has 3 aromatic rings. The highest BCUT2D eigenvalue weighted by Gasteiger charge is 2.10. The average molecular weight is 421 g/mol. The van der Waals surface area contributed by atoms with E-state index in [4.69, 9.17) is 9.47 Å². The van der Waals surface area contributed by atoms with Gasteiger partial charge in [-0.2, -0.15) is 0 Å². The number of ether oxygens (including phenoxy) is 2. The zero-order valence-corrected chi connectivity index (χ0v) is 16.2. The van der Waals surface area contributed by atoms with Gasteiger partial charge in [-0.15, -0.1) is 0 Å². The summed E-state index contributed by atoms with van der Waals surface area (Å²) in [5.74, 6) is 1.15. The number of anilines is 1. The topological polar surface area (TPSA) is 60.5 Å². The number of benzene rings is 2. The molecule has 3 rings (SSSR count). The van der Waals surface area contributed by atoms with Gasteiger partial charge < -0.3 is 9.47 Å². The van der Waals surface area contributed by atoms with E-state index in [0.717, 1.165) is 26.9 Å². The Morgan fingerprint density at radius 2 is 2.12 bits per heavy atom. The number of aromatic nitrogens is 1. The van der Waals surface area contributed by atoms with E-state index in [1.807, 2.05) is 36.4 Å². The predicted octanol–water partition coefficient (Wildman–Crippen LogP) is 4.65. The van der Waals surface area contributed by atoms with Crippen LogP contribution in [-0.4, -0.2) is 24.6 Å². The zero-order valence-electron chi connectivity index (χ0n) is 13.8. The van der Waals surface area contributed by atoms with Crippen LogP contribution in [-0.2, 0) is 11.2 Å². The number of rotatable bonds is 6. The van der Waals surface area contributed by atoms with Crippen molar-refractivity contribution in [1.82, 2.24) is 4.98 Å². The minimum atomic E-state index is -0.252. The normalized spacial score (nSPS) is 10.7. The van der Waals surface area contributed by atoms with Crippen molar-refractivity contribution in [2.24, 2.45) is 0 Å². The summed E-state index contributed by atoms with van der Waals surface area (Å²) < 4.78 is 12.6. The lowest BCUT2D eigenvalue weighted by Crippen LogP contribution is -2.20. The Labute approximate surface area is 158 Å². The Kier molecular flexibility index (Phi) is 5.55. The summed E-state index contributed by atoms with van der Waals surface area (Å²) in [4.78, 5) is 16.5. The van der Waals surface area contributed by atoms with Gasteiger partial charge in [0.1, 0.15) is 11.5 Å². The zero-order chi connectivity index (χ0) is 17.8.